The first-order chi connectivity index (χ1) is 7.87. The normalized spacial score (nSPS) is 11.3. The average Bonchev–Trinajstić information content (AvgIpc) is 2.59. The highest BCUT2D eigenvalue weighted by Crippen LogP contribution is 2.13. The number of hydrogen-bond acceptors (Lipinski definition) is 5. The minimum atomic E-state index is -4.50. The third-order valence-electron chi connectivity index (χ3n) is 1.38. The fraction of sp³-hybridized carbons (Fsp3) is 0.500. The molecule has 1 N–H and O–H groups in total. The van der Waals surface area contributed by atoms with Gasteiger partial charge in [-0.2, -0.15) is 13.2 Å². The zero-order valence-corrected chi connectivity index (χ0v) is 8.71. The summed E-state index contributed by atoms with van der Waals surface area (Å²) in [6, 6.07) is 1.42. The summed E-state index contributed by atoms with van der Waals surface area (Å²) < 4.78 is 44.3. The standard InChI is InChI=1S/C8H9F3N2O4/c1-5-2-7(13-17-5)15-3-6(14)12-16-4-8(9,10)11/h2H,3-4H2,1H3,(H,12,14). The summed E-state index contributed by atoms with van der Waals surface area (Å²) >= 11 is 0. The number of carbonyl (C=O) groups is 1. The van der Waals surface area contributed by atoms with Crippen LogP contribution in [0.3, 0.4) is 0 Å². The van der Waals surface area contributed by atoms with Crippen molar-refractivity contribution in [2.75, 3.05) is 13.2 Å². The van der Waals surface area contributed by atoms with Crippen molar-refractivity contribution < 1.29 is 32.1 Å². The summed E-state index contributed by atoms with van der Waals surface area (Å²) in [6.07, 6.45) is -4.50. The van der Waals surface area contributed by atoms with E-state index >= 15 is 0 Å². The van der Waals surface area contributed by atoms with Gasteiger partial charge in [-0.25, -0.2) is 5.48 Å². The number of nitrogens with one attached hydrogen (secondary N) is 1. The maximum absolute atomic E-state index is 11.6. The van der Waals surface area contributed by atoms with E-state index in [9.17, 15) is 18.0 Å². The van der Waals surface area contributed by atoms with E-state index in [0.29, 0.717) is 5.76 Å². The van der Waals surface area contributed by atoms with Gasteiger partial charge in [0, 0.05) is 6.07 Å². The van der Waals surface area contributed by atoms with Crippen LogP contribution in [0.1, 0.15) is 5.76 Å². The van der Waals surface area contributed by atoms with Crippen LogP contribution in [0.2, 0.25) is 0 Å². The van der Waals surface area contributed by atoms with Crippen molar-refractivity contribution >= 4 is 5.91 Å². The Kier molecular flexibility index (Phi) is 4.32. The molecule has 0 aliphatic carbocycles. The molecule has 1 heterocycles. The number of ether oxygens (including phenoxy) is 1. The SMILES string of the molecule is Cc1cc(OCC(=O)NOCC(F)(F)F)no1. The molecule has 1 rings (SSSR count). The number of halogens is 3. The van der Waals surface area contributed by atoms with Crippen LogP contribution in [0.25, 0.3) is 0 Å². The van der Waals surface area contributed by atoms with E-state index < -0.39 is 25.3 Å². The molecule has 0 unspecified atom stereocenters. The first kappa shape index (κ1) is 13.3. The molecule has 6 nitrogen and oxygen atoms in total. The molecule has 0 aliphatic heterocycles. The molecule has 9 heteroatoms. The third-order valence-corrected chi connectivity index (χ3v) is 1.38. The molecule has 0 saturated carbocycles. The van der Waals surface area contributed by atoms with Crippen molar-refractivity contribution in [1.82, 2.24) is 10.6 Å². The number of rotatable bonds is 5. The highest BCUT2D eigenvalue weighted by Gasteiger charge is 2.28. The Balaban J connectivity index is 2.18. The van der Waals surface area contributed by atoms with Gasteiger partial charge >= 0.3 is 6.18 Å². The van der Waals surface area contributed by atoms with Crippen molar-refractivity contribution in [3.63, 3.8) is 0 Å². The Morgan fingerprint density at radius 3 is 2.82 bits per heavy atom. The molecule has 0 spiro atoms. The number of carbonyl (C=O) groups excluding carboxylic acids is 1. The lowest BCUT2D eigenvalue weighted by atomic mass is 10.5. The van der Waals surface area contributed by atoms with Gasteiger partial charge in [-0.15, -0.1) is 0 Å². The van der Waals surface area contributed by atoms with Crippen LogP contribution in [0.4, 0.5) is 13.2 Å². The second kappa shape index (κ2) is 5.53. The summed E-state index contributed by atoms with van der Waals surface area (Å²) in [6.45, 7) is -0.474. The van der Waals surface area contributed by atoms with Crippen molar-refractivity contribution in [2.24, 2.45) is 0 Å². The first-order valence-electron chi connectivity index (χ1n) is 4.40. The molecule has 17 heavy (non-hydrogen) atoms. The van der Waals surface area contributed by atoms with E-state index in [1.165, 1.54) is 6.07 Å². The number of amides is 1. The maximum Gasteiger partial charge on any atom is 0.414 e. The van der Waals surface area contributed by atoms with Gasteiger partial charge in [0.05, 0.1) is 0 Å². The van der Waals surface area contributed by atoms with E-state index in [1.54, 1.807) is 12.4 Å². The van der Waals surface area contributed by atoms with E-state index in [2.05, 4.69) is 14.5 Å². The van der Waals surface area contributed by atoms with Gasteiger partial charge in [-0.1, -0.05) is 0 Å². The number of aryl methyl sites for hydroxylation is 1. The van der Waals surface area contributed by atoms with Crippen LogP contribution in [0.15, 0.2) is 10.6 Å². The Bertz CT molecular complexity index is 377. The number of alkyl halides is 3. The molecule has 0 atom stereocenters. The summed E-state index contributed by atoms with van der Waals surface area (Å²) in [7, 11) is 0. The molecule has 0 aromatic carbocycles. The van der Waals surface area contributed by atoms with Gasteiger partial charge in [-0.3, -0.25) is 9.63 Å². The second-order valence-corrected chi connectivity index (χ2v) is 2.99. The quantitative estimate of drug-likeness (QED) is 0.792. The van der Waals surface area contributed by atoms with Gasteiger partial charge in [0.2, 0.25) is 0 Å². The Morgan fingerprint density at radius 1 is 1.59 bits per heavy atom. The van der Waals surface area contributed by atoms with Crippen molar-refractivity contribution in [3.05, 3.63) is 11.8 Å². The predicted molar refractivity (Wildman–Crippen MR) is 46.9 cm³/mol. The molecule has 0 bridgehead atoms. The lowest BCUT2D eigenvalue weighted by molar-refractivity contribution is -0.192. The van der Waals surface area contributed by atoms with E-state index in [-0.39, 0.29) is 5.88 Å². The zero-order valence-electron chi connectivity index (χ0n) is 8.71. The Morgan fingerprint density at radius 2 is 2.29 bits per heavy atom. The second-order valence-electron chi connectivity index (χ2n) is 2.99. The molecule has 0 saturated heterocycles. The van der Waals surface area contributed by atoms with E-state index in [4.69, 9.17) is 4.74 Å². The average molecular weight is 254 g/mol. The van der Waals surface area contributed by atoms with Crippen molar-refractivity contribution in [3.8, 4) is 5.88 Å². The summed E-state index contributed by atoms with van der Waals surface area (Å²) in [4.78, 5) is 14.8. The maximum atomic E-state index is 11.6. The summed E-state index contributed by atoms with van der Waals surface area (Å²) in [5.74, 6) is -0.322. The van der Waals surface area contributed by atoms with Gasteiger partial charge in [0.25, 0.3) is 11.8 Å². The van der Waals surface area contributed by atoms with Gasteiger partial charge in [-0.05, 0) is 12.1 Å². The lowest BCUT2D eigenvalue weighted by Gasteiger charge is -2.07. The van der Waals surface area contributed by atoms with Crippen LogP contribution >= 0.6 is 0 Å². The number of hydrogen-bond donors (Lipinski definition) is 1. The van der Waals surface area contributed by atoms with Gasteiger partial charge in [0.1, 0.15) is 5.76 Å². The topological polar surface area (TPSA) is 73.6 Å². The molecule has 1 aromatic heterocycles. The zero-order chi connectivity index (χ0) is 12.9. The minimum Gasteiger partial charge on any atom is -0.465 e. The number of nitrogens with zero attached hydrogens (tertiary/aromatic N) is 1. The Hall–Kier alpha value is -1.77. The van der Waals surface area contributed by atoms with Gasteiger partial charge < -0.3 is 9.26 Å². The highest BCUT2D eigenvalue weighted by molar-refractivity contribution is 5.76. The van der Waals surface area contributed by atoms with Crippen LogP contribution in [-0.2, 0) is 9.63 Å². The fourth-order valence-electron chi connectivity index (χ4n) is 0.779. The molecule has 0 fully saturated rings. The van der Waals surface area contributed by atoms with E-state index in [1.807, 2.05) is 0 Å². The van der Waals surface area contributed by atoms with Crippen LogP contribution < -0.4 is 10.2 Å². The van der Waals surface area contributed by atoms with Crippen LogP contribution in [-0.4, -0.2) is 30.5 Å². The summed E-state index contributed by atoms with van der Waals surface area (Å²) in [5.41, 5.74) is 1.57. The smallest absolute Gasteiger partial charge is 0.414 e. The first-order valence-corrected chi connectivity index (χ1v) is 4.40. The fourth-order valence-corrected chi connectivity index (χ4v) is 0.779. The molecule has 1 aromatic rings. The molecule has 1 amide bonds. The Labute approximate surface area is 93.6 Å². The molecule has 0 aliphatic rings. The summed E-state index contributed by atoms with van der Waals surface area (Å²) in [5, 5.41) is 3.41. The van der Waals surface area contributed by atoms with Crippen molar-refractivity contribution in [1.29, 1.82) is 0 Å². The molecular weight excluding hydrogens is 245 g/mol. The number of aromatic nitrogens is 1. The monoisotopic (exact) mass is 254 g/mol. The van der Waals surface area contributed by atoms with Gasteiger partial charge in [0.15, 0.2) is 13.2 Å². The largest absolute Gasteiger partial charge is 0.465 e. The lowest BCUT2D eigenvalue weighted by Crippen LogP contribution is -2.32. The predicted octanol–water partition coefficient (Wildman–Crippen LogP) is 0.972. The third kappa shape index (κ3) is 5.76. The molecular formula is C8H9F3N2O4. The van der Waals surface area contributed by atoms with Crippen molar-refractivity contribution in [2.45, 2.75) is 13.1 Å². The van der Waals surface area contributed by atoms with E-state index in [0.717, 1.165) is 0 Å². The highest BCUT2D eigenvalue weighted by atomic mass is 19.4. The molecule has 0 radical (unpaired) electrons. The molecule has 96 valence electrons. The minimum absolute atomic E-state index is 0.0634. The van der Waals surface area contributed by atoms with Crippen LogP contribution in [0, 0.1) is 6.92 Å². The number of hydroxylamine groups is 1. The van der Waals surface area contributed by atoms with Crippen LogP contribution in [0.5, 0.6) is 5.88 Å².